The Hall–Kier alpha value is -2.96. The van der Waals surface area contributed by atoms with Gasteiger partial charge in [0.25, 0.3) is 0 Å². The minimum atomic E-state index is -0.0711. The average molecular weight is 683 g/mol. The van der Waals surface area contributed by atoms with E-state index >= 15 is 0 Å². The normalized spacial score (nSPS) is 17.2. The zero-order valence-electron chi connectivity index (χ0n) is 32.3. The van der Waals surface area contributed by atoms with Crippen molar-refractivity contribution in [3.63, 3.8) is 0 Å². The third-order valence-corrected chi connectivity index (χ3v) is 9.54. The molecule has 0 aliphatic heterocycles. The van der Waals surface area contributed by atoms with Crippen LogP contribution in [0.15, 0.2) is 91.0 Å². The molecule has 48 heavy (non-hydrogen) atoms. The number of aliphatic hydroxyl groups excluding tert-OH is 2. The number of carbonyl (C=O) groups is 1. The van der Waals surface area contributed by atoms with Crippen molar-refractivity contribution in [2.24, 2.45) is 17.8 Å². The Morgan fingerprint density at radius 1 is 1.10 bits per heavy atom. The van der Waals surface area contributed by atoms with Gasteiger partial charge in [-0.1, -0.05) is 123 Å². The van der Waals surface area contributed by atoms with Gasteiger partial charge in [0.15, 0.2) is 0 Å². The highest BCUT2D eigenvalue weighted by Gasteiger charge is 2.33. The molecule has 0 saturated carbocycles. The van der Waals surface area contributed by atoms with E-state index in [2.05, 4.69) is 68.9 Å². The first kappa shape index (κ1) is 47.2. The summed E-state index contributed by atoms with van der Waals surface area (Å²) in [6, 6.07) is 7.88. The summed E-state index contributed by atoms with van der Waals surface area (Å²) < 4.78 is 0. The van der Waals surface area contributed by atoms with Gasteiger partial charge in [-0.15, -0.1) is 11.8 Å². The molecule has 4 atom stereocenters. The summed E-state index contributed by atoms with van der Waals surface area (Å²) in [5.41, 5.74) is 3.93. The van der Waals surface area contributed by atoms with Crippen LogP contribution in [0.25, 0.3) is 5.57 Å². The Balaban J connectivity index is 0. The summed E-state index contributed by atoms with van der Waals surface area (Å²) >= 11 is 1.83. The lowest BCUT2D eigenvalue weighted by molar-refractivity contribution is -0.114. The van der Waals surface area contributed by atoms with E-state index in [4.69, 9.17) is 5.11 Å². The van der Waals surface area contributed by atoms with Crippen LogP contribution in [0.3, 0.4) is 0 Å². The van der Waals surface area contributed by atoms with Gasteiger partial charge in [-0.25, -0.2) is 0 Å². The number of allylic oxidation sites excluding steroid dienone is 7. The number of nitrogens with one attached hydrogen (secondary N) is 1. The molecule has 1 aromatic rings. The molecule has 6 heteroatoms. The molecule has 3 N–H and O–H groups in total. The summed E-state index contributed by atoms with van der Waals surface area (Å²) in [7, 11) is 2.15. The highest BCUT2D eigenvalue weighted by Crippen LogP contribution is 2.39. The molecule has 5 nitrogen and oxygen atoms in total. The van der Waals surface area contributed by atoms with Gasteiger partial charge in [0, 0.05) is 30.5 Å². The molecule has 2 rings (SSSR count). The summed E-state index contributed by atoms with van der Waals surface area (Å²) in [6.45, 7) is 26.2. The molecule has 0 heterocycles. The second-order valence-corrected chi connectivity index (χ2v) is 12.5. The second-order valence-electron chi connectivity index (χ2n) is 11.3. The molecule has 0 aromatic heterocycles. The fraction of sp³-hybridized carbons (Fsp3) is 0.548. The predicted molar refractivity (Wildman–Crippen MR) is 217 cm³/mol. The number of amides is 1. The van der Waals surface area contributed by atoms with E-state index in [0.717, 1.165) is 79.6 Å². The van der Waals surface area contributed by atoms with Crippen LogP contribution in [0.1, 0.15) is 107 Å². The van der Waals surface area contributed by atoms with E-state index in [-0.39, 0.29) is 11.2 Å². The van der Waals surface area contributed by atoms with Gasteiger partial charge in [0.1, 0.15) is 5.76 Å². The van der Waals surface area contributed by atoms with Crippen molar-refractivity contribution in [2.45, 2.75) is 107 Å². The quantitative estimate of drug-likeness (QED) is 0.0866. The van der Waals surface area contributed by atoms with Crippen molar-refractivity contribution in [1.82, 2.24) is 4.90 Å². The lowest BCUT2D eigenvalue weighted by Crippen LogP contribution is -2.32. The maximum absolute atomic E-state index is 11.6. The van der Waals surface area contributed by atoms with Crippen LogP contribution in [0.5, 0.6) is 0 Å². The van der Waals surface area contributed by atoms with Gasteiger partial charge < -0.3 is 20.4 Å². The van der Waals surface area contributed by atoms with E-state index in [1.807, 2.05) is 89.7 Å². The maximum Gasteiger partial charge on any atom is 0.221 e. The van der Waals surface area contributed by atoms with Crippen molar-refractivity contribution in [3.8, 4) is 0 Å². The number of benzene rings is 1. The minimum Gasteiger partial charge on any atom is -0.516 e. The van der Waals surface area contributed by atoms with E-state index in [1.165, 1.54) is 6.92 Å². The highest BCUT2D eigenvalue weighted by atomic mass is 32.2. The number of carbonyl (C=O) groups excluding carboxylic acids is 1. The Labute approximate surface area is 300 Å². The molecule has 0 bridgehead atoms. The Morgan fingerprint density at radius 3 is 2.40 bits per heavy atom. The van der Waals surface area contributed by atoms with E-state index in [9.17, 15) is 9.90 Å². The van der Waals surface area contributed by atoms with Gasteiger partial charge in [-0.2, -0.15) is 0 Å². The molecule has 0 saturated heterocycles. The Kier molecular flexibility index (Phi) is 29.6. The predicted octanol–water partition coefficient (Wildman–Crippen LogP) is 12.2. The topological polar surface area (TPSA) is 72.8 Å². The number of nitrogens with zero attached hydrogens (tertiary/aromatic N) is 1. The van der Waals surface area contributed by atoms with Crippen molar-refractivity contribution in [1.29, 1.82) is 0 Å². The summed E-state index contributed by atoms with van der Waals surface area (Å²) in [4.78, 5) is 13.9. The molecule has 272 valence electrons. The molecule has 0 fully saturated rings. The zero-order valence-corrected chi connectivity index (χ0v) is 33.1. The fourth-order valence-electron chi connectivity index (χ4n) is 5.55. The third kappa shape index (κ3) is 19.1. The number of hydrogen-bond acceptors (Lipinski definition) is 5. The van der Waals surface area contributed by atoms with Gasteiger partial charge in [0.05, 0.1) is 11.5 Å². The van der Waals surface area contributed by atoms with Crippen LogP contribution >= 0.6 is 11.8 Å². The fourth-order valence-corrected chi connectivity index (χ4v) is 6.86. The molecule has 4 unspecified atom stereocenters. The van der Waals surface area contributed by atoms with Crippen molar-refractivity contribution < 1.29 is 15.0 Å². The number of aliphatic hydroxyl groups is 2. The third-order valence-electron chi connectivity index (χ3n) is 8.20. The van der Waals surface area contributed by atoms with Crippen molar-refractivity contribution in [3.05, 3.63) is 96.5 Å². The molecule has 1 aromatic carbocycles. The molecule has 1 aliphatic carbocycles. The number of anilines is 1. The number of thioether (sulfide) groups is 1. The summed E-state index contributed by atoms with van der Waals surface area (Å²) in [6.07, 6.45) is 20.2. The van der Waals surface area contributed by atoms with E-state index in [1.54, 1.807) is 6.08 Å². The largest absolute Gasteiger partial charge is 0.516 e. The number of hydrogen-bond donors (Lipinski definition) is 3. The average Bonchev–Trinajstić information content (AvgIpc) is 3.28. The van der Waals surface area contributed by atoms with Crippen molar-refractivity contribution >= 4 is 28.9 Å². The van der Waals surface area contributed by atoms with Crippen LogP contribution in [0, 0.1) is 17.8 Å². The first-order chi connectivity index (χ1) is 23.2. The first-order valence-electron chi connectivity index (χ1n) is 18.2. The van der Waals surface area contributed by atoms with Crippen LogP contribution in [0.4, 0.5) is 5.69 Å². The standard InChI is InChI=1S/C36H52N2O3S.3C2H6/c1-7-31(21-24-38(6)23-20-27(2)22-25-39)29(4)33-17-11-13-19-35(41)36(33)42-26-14-8-9-15-28(3)32-16-10-12-18-34(32)37-30(5)40;3*1-2/h8,10-16,18-19,22,25,29,31,33,36,39,41H,2,7,9,17,20-21,23-24,26H2,1,3-6H3,(H,37,40);3*1-2H3/b14-8-,25-22-,28-15+;;;. The lowest BCUT2D eigenvalue weighted by Gasteiger charge is -2.35. The van der Waals surface area contributed by atoms with Crippen LogP contribution in [-0.4, -0.2) is 52.2 Å². The lowest BCUT2D eigenvalue weighted by atomic mass is 9.76. The van der Waals surface area contributed by atoms with E-state index in [0.29, 0.717) is 23.5 Å². The monoisotopic (exact) mass is 683 g/mol. The number of rotatable bonds is 17. The number of para-hydroxylation sites is 1. The van der Waals surface area contributed by atoms with Crippen LogP contribution in [0.2, 0.25) is 0 Å². The molecular weight excluding hydrogens is 613 g/mol. The second kappa shape index (κ2) is 30.1. The minimum absolute atomic E-state index is 0.0711. The Morgan fingerprint density at radius 2 is 1.77 bits per heavy atom. The van der Waals surface area contributed by atoms with Gasteiger partial charge in [-0.05, 0) is 87.7 Å². The summed E-state index contributed by atoms with van der Waals surface area (Å²) in [5, 5.41) is 22.9. The van der Waals surface area contributed by atoms with Gasteiger partial charge in [-0.3, -0.25) is 4.79 Å². The zero-order chi connectivity index (χ0) is 36.9. The van der Waals surface area contributed by atoms with Crippen LogP contribution < -0.4 is 5.32 Å². The van der Waals surface area contributed by atoms with Gasteiger partial charge >= 0.3 is 0 Å². The molecule has 0 spiro atoms. The first-order valence-corrected chi connectivity index (χ1v) is 19.3. The smallest absolute Gasteiger partial charge is 0.221 e. The molecule has 1 amide bonds. The van der Waals surface area contributed by atoms with Crippen LogP contribution in [-0.2, 0) is 4.79 Å². The van der Waals surface area contributed by atoms with Crippen molar-refractivity contribution in [2.75, 3.05) is 31.2 Å². The molecular formula is C42H70N2O3S. The van der Waals surface area contributed by atoms with Gasteiger partial charge in [0.2, 0.25) is 5.91 Å². The molecule has 1 aliphatic rings. The molecule has 0 radical (unpaired) electrons. The summed E-state index contributed by atoms with van der Waals surface area (Å²) in [5.74, 6) is 2.67. The Bertz CT molecular complexity index is 1150. The maximum atomic E-state index is 11.6. The van der Waals surface area contributed by atoms with E-state index < -0.39 is 0 Å². The SMILES string of the molecule is C=C(/C=C\O)CCN(C)CCC(CC)C(C)C1CC=CC=C(O)C1SC/C=C\C/C=C(\C)c1ccccc1NC(C)=O.CC.CC.CC. The highest BCUT2D eigenvalue weighted by molar-refractivity contribution is 8.00.